The van der Waals surface area contributed by atoms with Gasteiger partial charge in [0.2, 0.25) is 11.7 Å². The average molecular weight is 404 g/mol. The second-order valence-electron chi connectivity index (χ2n) is 6.39. The summed E-state index contributed by atoms with van der Waals surface area (Å²) in [5.41, 5.74) is -1.31. The highest BCUT2D eigenvalue weighted by Gasteiger charge is 2.20. The molecule has 1 atom stereocenters. The number of H-pyrrole nitrogens is 1. The summed E-state index contributed by atoms with van der Waals surface area (Å²) in [5, 5.41) is 8.24. The van der Waals surface area contributed by atoms with Crippen molar-refractivity contribution in [1.29, 1.82) is 0 Å². The van der Waals surface area contributed by atoms with Crippen LogP contribution >= 0.6 is 0 Å². The normalized spacial score (nSPS) is 12.2. The van der Waals surface area contributed by atoms with Crippen LogP contribution in [0.5, 0.6) is 11.5 Å². The van der Waals surface area contributed by atoms with Crippen molar-refractivity contribution < 1.29 is 23.7 Å². The molecule has 11 heteroatoms. The van der Waals surface area contributed by atoms with E-state index in [1.54, 1.807) is 13.8 Å². The number of rotatable bonds is 5. The molecule has 0 aliphatic heterocycles. The number of fused-ring (bicyclic) bond motifs is 2. The Morgan fingerprint density at radius 3 is 2.24 bits per heavy atom. The van der Waals surface area contributed by atoms with E-state index in [-0.39, 0.29) is 28.0 Å². The van der Waals surface area contributed by atoms with Gasteiger partial charge in [0.25, 0.3) is 5.56 Å². The fraction of sp³-hybridized carbons (Fsp3) is 0.389. The summed E-state index contributed by atoms with van der Waals surface area (Å²) >= 11 is 0. The van der Waals surface area contributed by atoms with E-state index in [2.05, 4.69) is 15.2 Å². The Bertz CT molecular complexity index is 1200. The Labute approximate surface area is 164 Å². The number of nitrogens with zero attached hydrogens (tertiary/aromatic N) is 3. The van der Waals surface area contributed by atoms with E-state index < -0.39 is 23.4 Å². The highest BCUT2D eigenvalue weighted by Crippen LogP contribution is 2.29. The quantitative estimate of drug-likeness (QED) is 0.631. The van der Waals surface area contributed by atoms with Crippen LogP contribution in [0.15, 0.2) is 21.7 Å². The maximum Gasteiger partial charge on any atom is 0.510 e. The Balaban J connectivity index is 2.16. The summed E-state index contributed by atoms with van der Waals surface area (Å²) in [6.45, 7) is 4.82. The predicted octanol–water partition coefficient (Wildman–Crippen LogP) is 1.73. The number of aromatic amines is 1. The Morgan fingerprint density at radius 1 is 1.00 bits per heavy atom. The number of nitrogens with one attached hydrogen (secondary N) is 1. The molecule has 0 aliphatic rings. The molecule has 0 radical (unpaired) electrons. The summed E-state index contributed by atoms with van der Waals surface area (Å²) in [7, 11) is 2.87. The minimum atomic E-state index is -1.00. The summed E-state index contributed by atoms with van der Waals surface area (Å²) < 4.78 is 20.4. The van der Waals surface area contributed by atoms with Crippen LogP contribution < -0.4 is 20.5 Å². The van der Waals surface area contributed by atoms with Crippen molar-refractivity contribution in [1.82, 2.24) is 20.0 Å². The van der Waals surface area contributed by atoms with Gasteiger partial charge in [0.05, 0.1) is 31.2 Å². The third-order valence-electron chi connectivity index (χ3n) is 4.00. The molecule has 0 amide bonds. The molecule has 1 aromatic carbocycles. The van der Waals surface area contributed by atoms with E-state index in [0.29, 0.717) is 11.5 Å². The molecular formula is C18H20N4O7. The van der Waals surface area contributed by atoms with E-state index >= 15 is 0 Å². The van der Waals surface area contributed by atoms with Gasteiger partial charge in [-0.3, -0.25) is 9.59 Å². The first-order chi connectivity index (χ1) is 13.7. The molecular weight excluding hydrogens is 384 g/mol. The Kier molecular flexibility index (Phi) is 5.39. The van der Waals surface area contributed by atoms with Crippen molar-refractivity contribution in [3.8, 4) is 11.5 Å². The van der Waals surface area contributed by atoms with Crippen LogP contribution in [0.1, 0.15) is 27.0 Å². The largest absolute Gasteiger partial charge is 0.510 e. The SMILES string of the molecule is COc1cc2[nH]c(=O)c3nn(C(C)OC(=O)OC(C)C)nc3c(=O)c2cc1OC. The van der Waals surface area contributed by atoms with Gasteiger partial charge in [0, 0.05) is 6.07 Å². The minimum absolute atomic E-state index is 0.162. The van der Waals surface area contributed by atoms with Crippen molar-refractivity contribution in [3.05, 3.63) is 32.7 Å². The van der Waals surface area contributed by atoms with Crippen molar-refractivity contribution in [3.63, 3.8) is 0 Å². The van der Waals surface area contributed by atoms with Gasteiger partial charge in [-0.1, -0.05) is 0 Å². The van der Waals surface area contributed by atoms with Crippen LogP contribution in [-0.2, 0) is 9.47 Å². The van der Waals surface area contributed by atoms with Gasteiger partial charge in [0.15, 0.2) is 22.5 Å². The minimum Gasteiger partial charge on any atom is -0.493 e. The first-order valence-corrected chi connectivity index (χ1v) is 8.71. The van der Waals surface area contributed by atoms with Gasteiger partial charge >= 0.3 is 6.16 Å². The fourth-order valence-electron chi connectivity index (χ4n) is 2.68. The first-order valence-electron chi connectivity index (χ1n) is 8.71. The molecule has 0 aliphatic carbocycles. The van der Waals surface area contributed by atoms with Gasteiger partial charge in [-0.25, -0.2) is 4.79 Å². The van der Waals surface area contributed by atoms with E-state index in [4.69, 9.17) is 18.9 Å². The number of methoxy groups -OCH3 is 2. The highest BCUT2D eigenvalue weighted by atomic mass is 16.7. The molecule has 0 fully saturated rings. The third kappa shape index (κ3) is 3.84. The van der Waals surface area contributed by atoms with Gasteiger partial charge in [-0.05, 0) is 26.8 Å². The standard InChI is InChI=1S/C18H20N4O7/c1-8(2)28-18(25)29-9(3)22-20-14-15(21-22)17(24)19-11-7-13(27-5)12(26-4)6-10(11)16(14)23/h6-9H,1-5H3,(H,19,24). The number of aromatic nitrogens is 4. The van der Waals surface area contributed by atoms with Gasteiger partial charge in [-0.15, -0.1) is 15.0 Å². The molecule has 0 spiro atoms. The summed E-state index contributed by atoms with van der Waals surface area (Å²) in [6.07, 6.45) is -2.29. The number of hydrogen-bond acceptors (Lipinski definition) is 9. The fourth-order valence-corrected chi connectivity index (χ4v) is 2.68. The van der Waals surface area contributed by atoms with Crippen LogP contribution in [0.4, 0.5) is 4.79 Å². The van der Waals surface area contributed by atoms with Gasteiger partial charge in [0.1, 0.15) is 0 Å². The molecule has 3 rings (SSSR count). The molecule has 1 unspecified atom stereocenters. The second kappa shape index (κ2) is 7.78. The number of carbonyl (C=O) groups is 1. The van der Waals surface area contributed by atoms with E-state index in [1.165, 1.54) is 33.3 Å². The first kappa shape index (κ1) is 20.1. The number of benzene rings is 1. The van der Waals surface area contributed by atoms with E-state index in [0.717, 1.165) is 4.80 Å². The summed E-state index contributed by atoms with van der Waals surface area (Å²) in [4.78, 5) is 40.8. The number of ether oxygens (including phenoxy) is 4. The molecule has 154 valence electrons. The van der Waals surface area contributed by atoms with E-state index in [1.807, 2.05) is 0 Å². The summed E-state index contributed by atoms with van der Waals surface area (Å²) in [6, 6.07) is 2.93. The van der Waals surface area contributed by atoms with Crippen LogP contribution in [0, 0.1) is 0 Å². The lowest BCUT2D eigenvalue weighted by molar-refractivity contribution is -0.0188. The molecule has 2 aromatic heterocycles. The van der Waals surface area contributed by atoms with Crippen molar-refractivity contribution in [2.24, 2.45) is 0 Å². The van der Waals surface area contributed by atoms with Crippen molar-refractivity contribution in [2.75, 3.05) is 14.2 Å². The zero-order valence-electron chi connectivity index (χ0n) is 16.5. The zero-order chi connectivity index (χ0) is 21.3. The third-order valence-corrected chi connectivity index (χ3v) is 4.00. The number of carbonyl (C=O) groups excluding carboxylic acids is 1. The topological polar surface area (TPSA) is 135 Å². The predicted molar refractivity (Wildman–Crippen MR) is 102 cm³/mol. The molecule has 29 heavy (non-hydrogen) atoms. The molecule has 0 saturated carbocycles. The monoisotopic (exact) mass is 404 g/mol. The van der Waals surface area contributed by atoms with Crippen LogP contribution in [0.25, 0.3) is 21.9 Å². The van der Waals surface area contributed by atoms with Gasteiger partial charge in [-0.2, -0.15) is 0 Å². The number of hydrogen-bond donors (Lipinski definition) is 1. The van der Waals surface area contributed by atoms with Gasteiger partial charge < -0.3 is 23.9 Å². The Morgan fingerprint density at radius 2 is 1.62 bits per heavy atom. The lowest BCUT2D eigenvalue weighted by Crippen LogP contribution is -2.20. The molecule has 2 heterocycles. The molecule has 11 nitrogen and oxygen atoms in total. The smallest absolute Gasteiger partial charge is 0.493 e. The lowest BCUT2D eigenvalue weighted by Gasteiger charge is -2.13. The maximum absolute atomic E-state index is 13.0. The highest BCUT2D eigenvalue weighted by molar-refractivity contribution is 5.88. The molecule has 3 aromatic rings. The lowest BCUT2D eigenvalue weighted by atomic mass is 10.2. The molecule has 0 saturated heterocycles. The van der Waals surface area contributed by atoms with Crippen molar-refractivity contribution >= 4 is 28.1 Å². The maximum atomic E-state index is 13.0. The summed E-state index contributed by atoms with van der Waals surface area (Å²) in [5.74, 6) is 0.667. The molecule has 1 N–H and O–H groups in total. The van der Waals surface area contributed by atoms with E-state index in [9.17, 15) is 14.4 Å². The molecule has 0 bridgehead atoms. The van der Waals surface area contributed by atoms with Crippen LogP contribution in [0.2, 0.25) is 0 Å². The second-order valence-corrected chi connectivity index (χ2v) is 6.39. The zero-order valence-corrected chi connectivity index (χ0v) is 16.5. The van der Waals surface area contributed by atoms with Crippen molar-refractivity contribution in [2.45, 2.75) is 33.1 Å². The van der Waals surface area contributed by atoms with Crippen LogP contribution in [-0.4, -0.2) is 46.5 Å². The average Bonchev–Trinajstić information content (AvgIpc) is 3.08. The van der Waals surface area contributed by atoms with Crippen LogP contribution in [0.3, 0.4) is 0 Å². The Hall–Kier alpha value is -3.63.